The maximum absolute atomic E-state index is 12.8. The second kappa shape index (κ2) is 25.0. The van der Waals surface area contributed by atoms with Crippen molar-refractivity contribution in [1.29, 1.82) is 0 Å². The maximum atomic E-state index is 12.8. The van der Waals surface area contributed by atoms with Gasteiger partial charge < -0.3 is 47.7 Å². The molecule has 3 aromatic rings. The molecule has 60 heavy (non-hydrogen) atoms. The maximum Gasteiger partial charge on any atom is 0.338 e. The molecule has 11 heteroatoms. The molecule has 330 valence electrons. The van der Waals surface area contributed by atoms with E-state index in [1.54, 1.807) is 32.4 Å². The number of rotatable bonds is 22. The van der Waals surface area contributed by atoms with E-state index in [1.165, 1.54) is 0 Å². The van der Waals surface area contributed by atoms with Crippen molar-refractivity contribution in [3.63, 3.8) is 0 Å². The highest BCUT2D eigenvalue weighted by atomic mass is 16.8. The van der Waals surface area contributed by atoms with E-state index < -0.39 is 23.8 Å². The monoisotopic (exact) mass is 832 g/mol. The Bertz CT molecular complexity index is 1710. The molecule has 5 rings (SSSR count). The first-order chi connectivity index (χ1) is 28.9. The second-order valence-electron chi connectivity index (χ2n) is 15.8. The molecule has 11 nitrogen and oxygen atoms in total. The summed E-state index contributed by atoms with van der Waals surface area (Å²) in [7, 11) is 3.30. The van der Waals surface area contributed by atoms with Gasteiger partial charge in [0, 0.05) is 0 Å². The number of hydrogen-bond acceptors (Lipinski definition) is 11. The van der Waals surface area contributed by atoms with Crippen LogP contribution in [0.4, 0.5) is 0 Å². The molecule has 0 aromatic heterocycles. The average molecular weight is 833 g/mol. The number of carbonyl (C=O) groups is 1. The minimum Gasteiger partial charge on any atom is -0.497 e. The summed E-state index contributed by atoms with van der Waals surface area (Å²) in [4.78, 5) is 12.8. The van der Waals surface area contributed by atoms with Crippen molar-refractivity contribution < 1.29 is 52.5 Å². The van der Waals surface area contributed by atoms with Gasteiger partial charge in [0.05, 0.1) is 58.4 Å². The van der Waals surface area contributed by atoms with Gasteiger partial charge >= 0.3 is 5.97 Å². The molecule has 0 saturated carbocycles. The average Bonchev–Trinajstić information content (AvgIpc) is 3.73. The van der Waals surface area contributed by atoms with Gasteiger partial charge in [-0.25, -0.2) is 4.79 Å². The van der Waals surface area contributed by atoms with Crippen LogP contribution in [0.3, 0.4) is 0 Å². The molecule has 6 atom stereocenters. The van der Waals surface area contributed by atoms with Crippen molar-refractivity contribution in [3.8, 4) is 11.5 Å². The fraction of sp³-hybridized carbons (Fsp3) is 0.531. The summed E-state index contributed by atoms with van der Waals surface area (Å²) in [6.45, 7) is 14.0. The first-order valence-corrected chi connectivity index (χ1v) is 21.3. The van der Waals surface area contributed by atoms with Crippen LogP contribution in [0.2, 0.25) is 0 Å². The zero-order chi connectivity index (χ0) is 43.4. The zero-order valence-corrected chi connectivity index (χ0v) is 36.9. The van der Waals surface area contributed by atoms with E-state index >= 15 is 0 Å². The highest BCUT2D eigenvalue weighted by molar-refractivity contribution is 5.89. The van der Waals surface area contributed by atoms with Crippen molar-refractivity contribution in [3.05, 3.63) is 120 Å². The molecule has 0 bridgehead atoms. The van der Waals surface area contributed by atoms with Crippen LogP contribution < -0.4 is 9.47 Å². The molecule has 2 fully saturated rings. The third kappa shape index (κ3) is 16.4. The number of benzene rings is 3. The van der Waals surface area contributed by atoms with E-state index in [0.717, 1.165) is 54.7 Å². The Labute approximate surface area is 357 Å². The van der Waals surface area contributed by atoms with Crippen molar-refractivity contribution in [2.24, 2.45) is 0 Å². The van der Waals surface area contributed by atoms with Crippen LogP contribution in [0.5, 0.6) is 11.5 Å². The van der Waals surface area contributed by atoms with Gasteiger partial charge in [0.2, 0.25) is 0 Å². The van der Waals surface area contributed by atoms with Crippen molar-refractivity contribution in [1.82, 2.24) is 0 Å². The lowest BCUT2D eigenvalue weighted by Gasteiger charge is -2.24. The summed E-state index contributed by atoms with van der Waals surface area (Å²) in [5, 5.41) is 10.4. The van der Waals surface area contributed by atoms with E-state index in [2.05, 4.69) is 13.8 Å². The predicted octanol–water partition coefficient (Wildman–Crippen LogP) is 9.54. The van der Waals surface area contributed by atoms with Crippen LogP contribution in [0.15, 0.2) is 103 Å². The van der Waals surface area contributed by atoms with Crippen LogP contribution in [-0.4, -0.2) is 86.7 Å². The second-order valence-corrected chi connectivity index (χ2v) is 15.8. The Morgan fingerprint density at radius 2 is 1.13 bits per heavy atom. The minimum atomic E-state index is -0.725. The molecular weight excluding hydrogens is 765 g/mol. The fourth-order valence-electron chi connectivity index (χ4n) is 6.99. The zero-order valence-electron chi connectivity index (χ0n) is 36.9. The summed E-state index contributed by atoms with van der Waals surface area (Å²) in [5.41, 5.74) is 2.70. The predicted molar refractivity (Wildman–Crippen MR) is 232 cm³/mol. The SMILES string of the molecule is CCCC1OC(C)(C)O[C@@H]1C(/C=C\CCOCc1ccc(OC)cc1)OC(=O)c1ccccc1.CCCC1OC(C)(C)O[C@@H]1C(O)/C=C\CCOCc1ccc(OC)cc1. The molecule has 2 aliphatic heterocycles. The molecule has 3 aromatic carbocycles. The third-order valence-corrected chi connectivity index (χ3v) is 9.87. The van der Waals surface area contributed by atoms with Gasteiger partial charge in [0.1, 0.15) is 35.9 Å². The molecule has 2 heterocycles. The number of methoxy groups -OCH3 is 2. The largest absolute Gasteiger partial charge is 0.497 e. The van der Waals surface area contributed by atoms with Crippen LogP contribution >= 0.6 is 0 Å². The van der Waals surface area contributed by atoms with Crippen LogP contribution in [0, 0.1) is 0 Å². The fourth-order valence-corrected chi connectivity index (χ4v) is 6.99. The lowest BCUT2D eigenvalue weighted by molar-refractivity contribution is -0.153. The molecule has 0 aliphatic carbocycles. The van der Waals surface area contributed by atoms with Gasteiger partial charge in [-0.3, -0.25) is 0 Å². The number of carbonyl (C=O) groups excluding carboxylic acids is 1. The lowest BCUT2D eigenvalue weighted by Crippen LogP contribution is -2.37. The topological polar surface area (TPSA) is 120 Å². The Hall–Kier alpha value is -4.07. The van der Waals surface area contributed by atoms with Crippen LogP contribution in [0.25, 0.3) is 0 Å². The molecule has 2 saturated heterocycles. The summed E-state index contributed by atoms with van der Waals surface area (Å²) in [6.07, 6.45) is 10.5. The van der Waals surface area contributed by atoms with E-state index in [1.807, 2.05) is 113 Å². The number of ether oxygens (including phenoxy) is 9. The molecule has 2 aliphatic rings. The number of hydrogen-bond donors (Lipinski definition) is 1. The number of esters is 1. The summed E-state index contributed by atoms with van der Waals surface area (Å²) in [6, 6.07) is 24.6. The number of aliphatic hydroxyl groups excluding tert-OH is 1. The minimum absolute atomic E-state index is 0.0685. The quantitative estimate of drug-likeness (QED) is 0.0592. The third-order valence-electron chi connectivity index (χ3n) is 9.87. The molecule has 4 unspecified atom stereocenters. The van der Waals surface area contributed by atoms with Gasteiger partial charge in [-0.15, -0.1) is 0 Å². The molecule has 0 radical (unpaired) electrons. The van der Waals surface area contributed by atoms with Gasteiger partial charge in [0.25, 0.3) is 0 Å². The summed E-state index contributed by atoms with van der Waals surface area (Å²) < 4.78 is 51.7. The van der Waals surface area contributed by atoms with Crippen LogP contribution in [-0.2, 0) is 46.4 Å². The van der Waals surface area contributed by atoms with Gasteiger partial charge in [-0.05, 0) is 107 Å². The van der Waals surface area contributed by atoms with Gasteiger partial charge in [0.15, 0.2) is 11.6 Å². The standard InChI is InChI=1S/C28H36O6.C21H32O5/c1-5-11-25-26(34-28(2,3)33-25)24(32-27(29)22-12-7-6-8-13-22)14-9-10-19-31-20-21-15-17-23(30-4)18-16-21;1-5-8-19-20(26-21(2,3)25-19)18(22)9-6-7-14-24-15-16-10-12-17(23-4)13-11-16/h6-9,12-18,24-26H,5,10-11,19-20H2,1-4H3;6,9-13,18-20,22H,5,7-8,14-15H2,1-4H3/b14-9-;9-6-/t24?,25?,26-;18?,19?,20-/m11/s1. The Balaban J connectivity index is 0.000000275. The molecule has 0 spiro atoms. The van der Waals surface area contributed by atoms with E-state index in [4.69, 9.17) is 42.6 Å². The Kier molecular flexibility index (Phi) is 20.3. The smallest absolute Gasteiger partial charge is 0.338 e. The summed E-state index contributed by atoms with van der Waals surface area (Å²) in [5.74, 6) is -0.0776. The van der Waals surface area contributed by atoms with E-state index in [9.17, 15) is 9.90 Å². The van der Waals surface area contributed by atoms with Crippen molar-refractivity contribution in [2.75, 3.05) is 27.4 Å². The summed E-state index contributed by atoms with van der Waals surface area (Å²) >= 11 is 0. The van der Waals surface area contributed by atoms with Gasteiger partial charge in [-0.1, -0.05) is 87.4 Å². The van der Waals surface area contributed by atoms with E-state index in [-0.39, 0.29) is 30.4 Å². The van der Waals surface area contributed by atoms with E-state index in [0.29, 0.717) is 38.4 Å². The highest BCUT2D eigenvalue weighted by Crippen LogP contribution is 2.35. The Morgan fingerprint density at radius 1 is 0.667 bits per heavy atom. The first kappa shape index (κ1) is 48.6. The molecule has 0 amide bonds. The van der Waals surface area contributed by atoms with Crippen molar-refractivity contribution >= 4 is 5.97 Å². The van der Waals surface area contributed by atoms with Crippen LogP contribution in [0.1, 0.15) is 102 Å². The normalized spacial score (nSPS) is 21.7. The highest BCUT2D eigenvalue weighted by Gasteiger charge is 2.46. The number of aliphatic hydroxyl groups is 1. The van der Waals surface area contributed by atoms with Crippen molar-refractivity contribution in [2.45, 2.75) is 141 Å². The Morgan fingerprint density at radius 3 is 1.62 bits per heavy atom. The molecular formula is C49H68O11. The molecule has 1 N–H and O–H groups in total. The lowest BCUT2D eigenvalue weighted by atomic mass is 10.0. The van der Waals surface area contributed by atoms with Gasteiger partial charge in [-0.2, -0.15) is 0 Å². The first-order valence-electron chi connectivity index (χ1n) is 21.3.